The van der Waals surface area contributed by atoms with E-state index in [-0.39, 0.29) is 21.8 Å². The summed E-state index contributed by atoms with van der Waals surface area (Å²) in [6.45, 7) is 7.88. The van der Waals surface area contributed by atoms with Gasteiger partial charge in [0.15, 0.2) is 5.82 Å². The summed E-state index contributed by atoms with van der Waals surface area (Å²) < 4.78 is 27.1. The number of aromatic amines is 1. The van der Waals surface area contributed by atoms with E-state index >= 15 is 0 Å². The van der Waals surface area contributed by atoms with Gasteiger partial charge in [0.05, 0.1) is 5.69 Å². The van der Waals surface area contributed by atoms with Crippen molar-refractivity contribution in [3.05, 3.63) is 35.5 Å². The number of rotatable bonds is 3. The molecule has 0 atom stereocenters. The zero-order chi connectivity index (χ0) is 15.8. The number of aromatic nitrogens is 2. The molecule has 1 aromatic heterocycles. The normalized spacial score (nSPS) is 12.4. The van der Waals surface area contributed by atoms with Crippen LogP contribution in [0, 0.1) is 6.92 Å². The van der Waals surface area contributed by atoms with Gasteiger partial charge in [-0.25, -0.2) is 8.42 Å². The third kappa shape index (κ3) is 3.36. The number of aryl methyl sites for hydroxylation is 1. The Morgan fingerprint density at radius 1 is 1.24 bits per heavy atom. The second-order valence-corrected chi connectivity index (χ2v) is 7.71. The number of nitrogen functional groups attached to an aromatic ring is 1. The molecule has 7 heteroatoms. The number of nitrogens with one attached hydrogen (secondary N) is 2. The van der Waals surface area contributed by atoms with E-state index in [0.29, 0.717) is 0 Å². The lowest BCUT2D eigenvalue weighted by Crippen LogP contribution is -2.15. The van der Waals surface area contributed by atoms with Crippen LogP contribution in [0.2, 0.25) is 0 Å². The van der Waals surface area contributed by atoms with Crippen LogP contribution >= 0.6 is 0 Å². The van der Waals surface area contributed by atoms with E-state index in [1.807, 2.05) is 27.7 Å². The molecule has 0 unspecified atom stereocenters. The average Bonchev–Trinajstić information content (AvgIpc) is 2.75. The smallest absolute Gasteiger partial charge is 0.265 e. The van der Waals surface area contributed by atoms with Gasteiger partial charge in [0.25, 0.3) is 10.0 Å². The molecule has 0 fully saturated rings. The van der Waals surface area contributed by atoms with Crippen molar-refractivity contribution in [2.24, 2.45) is 0 Å². The van der Waals surface area contributed by atoms with E-state index in [0.717, 1.165) is 11.3 Å². The molecule has 0 amide bonds. The number of nitrogens with two attached hydrogens (primary N) is 1. The third-order valence-electron chi connectivity index (χ3n) is 3.08. The highest BCUT2D eigenvalue weighted by Gasteiger charge is 2.21. The first-order valence-electron chi connectivity index (χ1n) is 6.54. The highest BCUT2D eigenvalue weighted by atomic mass is 32.2. The van der Waals surface area contributed by atoms with Gasteiger partial charge >= 0.3 is 0 Å². The number of nitrogens with zero attached hydrogens (tertiary/aromatic N) is 1. The Kier molecular flexibility index (Phi) is 3.71. The summed E-state index contributed by atoms with van der Waals surface area (Å²) in [6.07, 6.45) is 0. The Morgan fingerprint density at radius 2 is 1.90 bits per heavy atom. The lowest BCUT2D eigenvalue weighted by molar-refractivity contribution is 0.567. The zero-order valence-electron chi connectivity index (χ0n) is 12.6. The molecule has 4 N–H and O–H groups in total. The van der Waals surface area contributed by atoms with Crippen LogP contribution in [0.15, 0.2) is 29.2 Å². The van der Waals surface area contributed by atoms with E-state index in [4.69, 9.17) is 5.73 Å². The maximum atomic E-state index is 12.3. The molecule has 1 heterocycles. The maximum Gasteiger partial charge on any atom is 0.265 e. The van der Waals surface area contributed by atoms with Gasteiger partial charge in [0.2, 0.25) is 0 Å². The minimum atomic E-state index is -3.75. The second-order valence-electron chi connectivity index (χ2n) is 6.06. The first-order valence-corrected chi connectivity index (χ1v) is 8.03. The number of H-pyrrole nitrogens is 1. The summed E-state index contributed by atoms with van der Waals surface area (Å²) in [7, 11) is -3.75. The number of anilines is 2. The first-order chi connectivity index (χ1) is 9.59. The van der Waals surface area contributed by atoms with Crippen molar-refractivity contribution >= 4 is 21.5 Å². The Bertz CT molecular complexity index is 758. The van der Waals surface area contributed by atoms with Gasteiger partial charge in [-0.15, -0.1) is 0 Å². The molecule has 0 saturated heterocycles. The molecule has 114 valence electrons. The van der Waals surface area contributed by atoms with Crippen molar-refractivity contribution in [3.8, 4) is 0 Å². The van der Waals surface area contributed by atoms with E-state index in [9.17, 15) is 8.42 Å². The average molecular weight is 308 g/mol. The van der Waals surface area contributed by atoms with Crippen LogP contribution in [-0.4, -0.2) is 18.6 Å². The largest absolute Gasteiger partial charge is 0.398 e. The molecule has 0 saturated carbocycles. The SMILES string of the molecule is Cc1ccc(S(=O)(=O)Nc2cc(C(C)(C)C)[nH]n2)c(N)c1. The maximum absolute atomic E-state index is 12.3. The monoisotopic (exact) mass is 308 g/mol. The van der Waals surface area contributed by atoms with E-state index in [2.05, 4.69) is 14.9 Å². The molecular weight excluding hydrogens is 288 g/mol. The predicted octanol–water partition coefficient (Wildman–Crippen LogP) is 2.40. The number of hydrogen-bond acceptors (Lipinski definition) is 4. The molecule has 2 rings (SSSR count). The first kappa shape index (κ1) is 15.4. The number of hydrogen-bond donors (Lipinski definition) is 3. The standard InChI is InChI=1S/C14H20N4O2S/c1-9-5-6-11(10(15)7-9)21(19,20)18-13-8-12(16-17-13)14(2,3)4/h5-8H,15H2,1-4H3,(H2,16,17,18). The van der Waals surface area contributed by atoms with Crippen LogP contribution in [0.25, 0.3) is 0 Å². The summed E-state index contributed by atoms with van der Waals surface area (Å²) in [6, 6.07) is 6.50. The van der Waals surface area contributed by atoms with Crippen molar-refractivity contribution in [2.75, 3.05) is 10.5 Å². The fourth-order valence-electron chi connectivity index (χ4n) is 1.86. The quantitative estimate of drug-likeness (QED) is 0.758. The van der Waals surface area contributed by atoms with Gasteiger partial charge in [0.1, 0.15) is 4.90 Å². The summed E-state index contributed by atoms with van der Waals surface area (Å²) in [4.78, 5) is 0.0495. The molecule has 21 heavy (non-hydrogen) atoms. The van der Waals surface area contributed by atoms with Gasteiger partial charge in [-0.05, 0) is 24.6 Å². The van der Waals surface area contributed by atoms with E-state index in [1.54, 1.807) is 18.2 Å². The molecule has 0 aliphatic heterocycles. The molecule has 2 aromatic rings. The molecule has 0 aliphatic carbocycles. The van der Waals surface area contributed by atoms with Crippen LogP contribution in [-0.2, 0) is 15.4 Å². The second kappa shape index (κ2) is 5.07. The van der Waals surface area contributed by atoms with E-state index in [1.165, 1.54) is 6.07 Å². The van der Waals surface area contributed by atoms with Crippen LogP contribution in [0.5, 0.6) is 0 Å². The van der Waals surface area contributed by atoms with Gasteiger partial charge < -0.3 is 5.73 Å². The van der Waals surface area contributed by atoms with Gasteiger partial charge in [0, 0.05) is 17.2 Å². The lowest BCUT2D eigenvalue weighted by Gasteiger charge is -2.14. The fraction of sp³-hybridized carbons (Fsp3) is 0.357. The summed E-state index contributed by atoms with van der Waals surface area (Å²) in [5, 5.41) is 6.82. The van der Waals surface area contributed by atoms with Crippen molar-refractivity contribution in [1.29, 1.82) is 0 Å². The Labute approximate surface area is 124 Å². The van der Waals surface area contributed by atoms with Crippen molar-refractivity contribution in [1.82, 2.24) is 10.2 Å². The van der Waals surface area contributed by atoms with Gasteiger partial charge in [-0.1, -0.05) is 26.8 Å². The molecule has 0 aliphatic rings. The van der Waals surface area contributed by atoms with Crippen LogP contribution < -0.4 is 10.5 Å². The number of sulfonamides is 1. The Hall–Kier alpha value is -2.02. The van der Waals surface area contributed by atoms with Gasteiger partial charge in [-0.3, -0.25) is 9.82 Å². The summed E-state index contributed by atoms with van der Waals surface area (Å²) in [5.74, 6) is 0.250. The van der Waals surface area contributed by atoms with Crippen LogP contribution in [0.4, 0.5) is 11.5 Å². The molecule has 1 aromatic carbocycles. The van der Waals surface area contributed by atoms with Crippen molar-refractivity contribution in [2.45, 2.75) is 38.0 Å². The number of benzene rings is 1. The minimum Gasteiger partial charge on any atom is -0.398 e. The van der Waals surface area contributed by atoms with Gasteiger partial charge in [-0.2, -0.15) is 5.10 Å². The third-order valence-corrected chi connectivity index (χ3v) is 4.51. The van der Waals surface area contributed by atoms with Crippen molar-refractivity contribution in [3.63, 3.8) is 0 Å². The zero-order valence-corrected chi connectivity index (χ0v) is 13.4. The van der Waals surface area contributed by atoms with Crippen molar-refractivity contribution < 1.29 is 8.42 Å². The topological polar surface area (TPSA) is 101 Å². The lowest BCUT2D eigenvalue weighted by atomic mass is 9.92. The molecule has 6 nitrogen and oxygen atoms in total. The molecule has 0 bridgehead atoms. The predicted molar refractivity (Wildman–Crippen MR) is 83.7 cm³/mol. The highest BCUT2D eigenvalue weighted by Crippen LogP contribution is 2.25. The van der Waals surface area contributed by atoms with Crippen LogP contribution in [0.3, 0.4) is 0 Å². The molecular formula is C14H20N4O2S. The fourth-order valence-corrected chi connectivity index (χ4v) is 2.97. The molecule has 0 radical (unpaired) electrons. The van der Waals surface area contributed by atoms with Crippen LogP contribution in [0.1, 0.15) is 32.0 Å². The highest BCUT2D eigenvalue weighted by molar-refractivity contribution is 7.92. The Morgan fingerprint density at radius 3 is 2.43 bits per heavy atom. The van der Waals surface area contributed by atoms with E-state index < -0.39 is 10.0 Å². The summed E-state index contributed by atoms with van der Waals surface area (Å²) in [5.41, 5.74) is 7.61. The summed E-state index contributed by atoms with van der Waals surface area (Å²) >= 11 is 0. The Balaban J connectivity index is 2.31. The minimum absolute atomic E-state index is 0.0495. The molecule has 0 spiro atoms.